The number of rotatable bonds is 4. The van der Waals surface area contributed by atoms with Gasteiger partial charge in [-0.15, -0.1) is 0 Å². The van der Waals surface area contributed by atoms with E-state index >= 15 is 0 Å². The second-order valence-corrected chi connectivity index (χ2v) is 6.28. The van der Waals surface area contributed by atoms with E-state index in [0.717, 1.165) is 18.4 Å². The molecule has 2 rings (SSSR count). The molecule has 18 heavy (non-hydrogen) atoms. The predicted octanol–water partition coefficient (Wildman–Crippen LogP) is 1.24. The van der Waals surface area contributed by atoms with Crippen molar-refractivity contribution in [2.45, 2.75) is 19.3 Å². The van der Waals surface area contributed by atoms with Gasteiger partial charge in [0.15, 0.2) is 0 Å². The lowest BCUT2D eigenvalue weighted by atomic mass is 10.0. The Kier molecular flexibility index (Phi) is 3.56. The van der Waals surface area contributed by atoms with Crippen molar-refractivity contribution in [3.05, 3.63) is 29.8 Å². The van der Waals surface area contributed by atoms with Crippen LogP contribution in [0.5, 0.6) is 0 Å². The average Bonchev–Trinajstić information content (AvgIpc) is 2.36. The van der Waals surface area contributed by atoms with E-state index in [1.54, 1.807) is 12.1 Å². The summed E-state index contributed by atoms with van der Waals surface area (Å²) in [6.07, 6.45) is 1.27. The van der Waals surface area contributed by atoms with E-state index < -0.39 is 16.0 Å². The molecule has 1 N–H and O–H groups in total. The largest absolute Gasteiger partial charge is 0.481 e. The van der Waals surface area contributed by atoms with Crippen molar-refractivity contribution in [1.82, 2.24) is 0 Å². The molecule has 0 atom stereocenters. The van der Waals surface area contributed by atoms with Crippen LogP contribution in [0, 0.1) is 0 Å². The van der Waals surface area contributed by atoms with Crippen LogP contribution in [-0.2, 0) is 21.2 Å². The molecule has 98 valence electrons. The summed E-state index contributed by atoms with van der Waals surface area (Å²) in [7, 11) is -3.54. The molecule has 1 aliphatic rings. The fourth-order valence-corrected chi connectivity index (χ4v) is 3.65. The molecule has 0 spiro atoms. The Morgan fingerprint density at radius 3 is 2.78 bits per heavy atom. The molecule has 0 bridgehead atoms. The normalized spacial score (nSPS) is 15.2. The van der Waals surface area contributed by atoms with E-state index in [0.29, 0.717) is 12.2 Å². The number of hydrogen-bond acceptors (Lipinski definition) is 3. The van der Waals surface area contributed by atoms with Crippen molar-refractivity contribution in [1.29, 1.82) is 0 Å². The van der Waals surface area contributed by atoms with Crippen LogP contribution in [0.25, 0.3) is 0 Å². The van der Waals surface area contributed by atoms with Crippen molar-refractivity contribution in [2.75, 3.05) is 16.6 Å². The van der Waals surface area contributed by atoms with Crippen LogP contribution in [0.2, 0.25) is 0 Å². The van der Waals surface area contributed by atoms with Gasteiger partial charge in [-0.3, -0.25) is 9.10 Å². The third-order valence-electron chi connectivity index (χ3n) is 2.98. The molecule has 0 radical (unpaired) electrons. The summed E-state index contributed by atoms with van der Waals surface area (Å²) in [4.78, 5) is 10.5. The standard InChI is InChI=1S/C12H15NO4S/c14-12(15)7-9-18(16,17)13-8-3-5-10-4-1-2-6-11(10)13/h1-2,4,6H,3,5,7-9H2,(H,14,15). The third-order valence-corrected chi connectivity index (χ3v) is 4.75. The third kappa shape index (κ3) is 2.64. The molecule has 0 unspecified atom stereocenters. The maximum Gasteiger partial charge on any atom is 0.304 e. The first kappa shape index (κ1) is 12.9. The number of para-hydroxylation sites is 1. The van der Waals surface area contributed by atoms with Crippen LogP contribution in [0.15, 0.2) is 24.3 Å². The molecule has 0 aromatic heterocycles. The fraction of sp³-hybridized carbons (Fsp3) is 0.417. The Balaban J connectivity index is 2.27. The zero-order valence-corrected chi connectivity index (χ0v) is 10.7. The first-order chi connectivity index (χ1) is 8.50. The van der Waals surface area contributed by atoms with Crippen molar-refractivity contribution in [2.24, 2.45) is 0 Å². The Hall–Kier alpha value is -1.56. The van der Waals surface area contributed by atoms with Gasteiger partial charge in [0, 0.05) is 6.54 Å². The van der Waals surface area contributed by atoms with Crippen LogP contribution >= 0.6 is 0 Å². The highest BCUT2D eigenvalue weighted by atomic mass is 32.2. The van der Waals surface area contributed by atoms with Crippen LogP contribution < -0.4 is 4.31 Å². The van der Waals surface area contributed by atoms with Crippen molar-refractivity contribution >= 4 is 21.7 Å². The summed E-state index contributed by atoms with van der Waals surface area (Å²) in [5.74, 6) is -1.44. The lowest BCUT2D eigenvalue weighted by Crippen LogP contribution is -2.37. The SMILES string of the molecule is O=C(O)CCS(=O)(=O)N1CCCc2ccccc21. The summed E-state index contributed by atoms with van der Waals surface area (Å²) in [6.45, 7) is 0.430. The van der Waals surface area contributed by atoms with Crippen LogP contribution in [-0.4, -0.2) is 31.8 Å². The second-order valence-electron chi connectivity index (χ2n) is 4.26. The maximum absolute atomic E-state index is 12.1. The molecule has 0 saturated carbocycles. The first-order valence-electron chi connectivity index (χ1n) is 5.81. The van der Waals surface area contributed by atoms with Gasteiger partial charge in [-0.25, -0.2) is 8.42 Å². The highest BCUT2D eigenvalue weighted by Crippen LogP contribution is 2.29. The smallest absolute Gasteiger partial charge is 0.304 e. The average molecular weight is 269 g/mol. The van der Waals surface area contributed by atoms with Gasteiger partial charge in [0.1, 0.15) is 0 Å². The number of sulfonamides is 1. The van der Waals surface area contributed by atoms with Crippen LogP contribution in [0.3, 0.4) is 0 Å². The molecular formula is C12H15NO4S. The Morgan fingerprint density at radius 1 is 1.33 bits per heavy atom. The molecule has 0 amide bonds. The molecule has 6 heteroatoms. The first-order valence-corrected chi connectivity index (χ1v) is 7.42. The number of anilines is 1. The van der Waals surface area contributed by atoms with Gasteiger partial charge in [0.25, 0.3) is 0 Å². The molecule has 1 aromatic rings. The molecule has 0 fully saturated rings. The Labute approximate surface area is 106 Å². The summed E-state index contributed by atoms with van der Waals surface area (Å²) < 4.78 is 25.6. The molecule has 5 nitrogen and oxygen atoms in total. The van der Waals surface area contributed by atoms with Crippen LogP contribution in [0.4, 0.5) is 5.69 Å². The Bertz CT molecular complexity index is 553. The molecule has 1 aromatic carbocycles. The van der Waals surface area contributed by atoms with E-state index in [-0.39, 0.29) is 12.2 Å². The zero-order chi connectivity index (χ0) is 13.2. The van der Waals surface area contributed by atoms with Gasteiger partial charge in [-0.05, 0) is 24.5 Å². The summed E-state index contributed by atoms with van der Waals surface area (Å²) in [5, 5.41) is 8.59. The monoisotopic (exact) mass is 269 g/mol. The molecular weight excluding hydrogens is 254 g/mol. The molecule has 1 heterocycles. The van der Waals surface area contributed by atoms with Crippen molar-refractivity contribution in [3.63, 3.8) is 0 Å². The second kappa shape index (κ2) is 4.97. The number of carboxylic acid groups (broad SMARTS) is 1. The number of carboxylic acids is 1. The minimum absolute atomic E-state index is 0.351. The lowest BCUT2D eigenvalue weighted by Gasteiger charge is -2.30. The van der Waals surface area contributed by atoms with E-state index in [1.165, 1.54) is 4.31 Å². The highest BCUT2D eigenvalue weighted by molar-refractivity contribution is 7.92. The highest BCUT2D eigenvalue weighted by Gasteiger charge is 2.27. The fourth-order valence-electron chi connectivity index (χ4n) is 2.11. The van der Waals surface area contributed by atoms with Gasteiger partial charge < -0.3 is 5.11 Å². The number of nitrogens with zero attached hydrogens (tertiary/aromatic N) is 1. The Morgan fingerprint density at radius 2 is 2.06 bits per heavy atom. The van der Waals surface area contributed by atoms with E-state index in [2.05, 4.69) is 0 Å². The van der Waals surface area contributed by atoms with Gasteiger partial charge >= 0.3 is 5.97 Å². The van der Waals surface area contributed by atoms with Crippen LogP contribution in [0.1, 0.15) is 18.4 Å². The summed E-state index contributed by atoms with van der Waals surface area (Å²) in [6, 6.07) is 7.36. The summed E-state index contributed by atoms with van der Waals surface area (Å²) >= 11 is 0. The number of aliphatic carboxylic acids is 1. The molecule has 0 aliphatic carbocycles. The number of aryl methyl sites for hydroxylation is 1. The van der Waals surface area contributed by atoms with E-state index in [4.69, 9.17) is 5.11 Å². The summed E-state index contributed by atoms with van der Waals surface area (Å²) in [5.41, 5.74) is 1.69. The number of hydrogen-bond donors (Lipinski definition) is 1. The van der Waals surface area contributed by atoms with Gasteiger partial charge in [0.2, 0.25) is 10.0 Å². The minimum atomic E-state index is -3.54. The lowest BCUT2D eigenvalue weighted by molar-refractivity contribution is -0.136. The topological polar surface area (TPSA) is 74.7 Å². The minimum Gasteiger partial charge on any atom is -0.481 e. The van der Waals surface area contributed by atoms with Gasteiger partial charge in [0.05, 0.1) is 17.9 Å². The molecule has 0 saturated heterocycles. The van der Waals surface area contributed by atoms with E-state index in [9.17, 15) is 13.2 Å². The predicted molar refractivity (Wildman–Crippen MR) is 68.1 cm³/mol. The van der Waals surface area contributed by atoms with Gasteiger partial charge in [-0.1, -0.05) is 18.2 Å². The quantitative estimate of drug-likeness (QED) is 0.892. The van der Waals surface area contributed by atoms with Crippen molar-refractivity contribution < 1.29 is 18.3 Å². The van der Waals surface area contributed by atoms with Gasteiger partial charge in [-0.2, -0.15) is 0 Å². The zero-order valence-electron chi connectivity index (χ0n) is 9.87. The number of carbonyl (C=O) groups is 1. The van der Waals surface area contributed by atoms with Crippen molar-refractivity contribution in [3.8, 4) is 0 Å². The number of benzene rings is 1. The maximum atomic E-state index is 12.1. The number of fused-ring (bicyclic) bond motifs is 1. The molecule has 1 aliphatic heterocycles. The van der Waals surface area contributed by atoms with E-state index in [1.807, 2.05) is 12.1 Å².